The third kappa shape index (κ3) is 5.47. The molecule has 0 bridgehead atoms. The van der Waals surface area contributed by atoms with Gasteiger partial charge in [0.05, 0.1) is 12.3 Å². The molecule has 0 aromatic carbocycles. The average Bonchev–Trinajstić information content (AvgIpc) is 3.46. The number of ether oxygens (including phenoxy) is 2. The van der Waals surface area contributed by atoms with E-state index in [0.717, 1.165) is 6.07 Å². The summed E-state index contributed by atoms with van der Waals surface area (Å²) in [5.74, 6) is -0.646. The number of aromatic nitrogens is 5. The topological polar surface area (TPSA) is 118 Å². The monoisotopic (exact) mass is 499 g/mol. The van der Waals surface area contributed by atoms with Crippen molar-refractivity contribution in [3.05, 3.63) is 35.4 Å². The fourth-order valence-electron chi connectivity index (χ4n) is 3.97. The summed E-state index contributed by atoms with van der Waals surface area (Å²) in [7, 11) is 1.45. The molecule has 1 amide bonds. The van der Waals surface area contributed by atoms with Crippen molar-refractivity contribution in [3.8, 4) is 0 Å². The van der Waals surface area contributed by atoms with E-state index in [1.807, 2.05) is 0 Å². The summed E-state index contributed by atoms with van der Waals surface area (Å²) < 4.78 is 66.7. The molecule has 1 aliphatic carbocycles. The highest BCUT2D eigenvalue weighted by molar-refractivity contribution is 5.67. The van der Waals surface area contributed by atoms with Gasteiger partial charge in [0.2, 0.25) is 5.95 Å². The van der Waals surface area contributed by atoms with Crippen LogP contribution in [0.25, 0.3) is 5.65 Å². The van der Waals surface area contributed by atoms with E-state index in [4.69, 9.17) is 9.47 Å². The number of halogens is 4. The molecule has 4 rings (SSSR count). The minimum absolute atomic E-state index is 0.0249. The van der Waals surface area contributed by atoms with E-state index in [-0.39, 0.29) is 30.1 Å². The first-order chi connectivity index (χ1) is 16.5. The number of rotatable bonds is 7. The number of hydrogen-bond acceptors (Lipinski definition) is 7. The molecule has 14 heteroatoms. The Bertz CT molecular complexity index is 1190. The van der Waals surface area contributed by atoms with Gasteiger partial charge < -0.3 is 20.1 Å². The van der Waals surface area contributed by atoms with Crippen molar-refractivity contribution >= 4 is 23.5 Å². The summed E-state index contributed by atoms with van der Waals surface area (Å²) in [5, 5.41) is 12.1. The Kier molecular flexibility index (Phi) is 6.83. The van der Waals surface area contributed by atoms with Gasteiger partial charge in [0, 0.05) is 43.1 Å². The standard InChI is InChI=1S/C21H25F4N7O3/c1-10(2)26-20(33)35-14-5-4-12(18(14)22)13-6-16(31-30-13)29-19-28-15(21(23,24)25)7-17-27-11(9-34-3)8-32(17)19/h6-8,10,12,14,18H,4-5,9H2,1-3H3,(H,26,33)(H2,28,29,30,31)/t12-,14-,18-/m0/s1. The number of H-pyrrole nitrogens is 1. The minimum Gasteiger partial charge on any atom is -0.443 e. The Hall–Kier alpha value is -3.42. The van der Waals surface area contributed by atoms with Crippen LogP contribution in [0.5, 0.6) is 0 Å². The lowest BCUT2D eigenvalue weighted by Crippen LogP contribution is -2.36. The fraction of sp³-hybridized carbons (Fsp3) is 0.524. The molecular formula is C21H25F4N7O3. The molecule has 3 heterocycles. The number of hydrogen-bond donors (Lipinski definition) is 3. The Labute approximate surface area is 197 Å². The number of methoxy groups -OCH3 is 1. The van der Waals surface area contributed by atoms with Crippen molar-refractivity contribution in [1.29, 1.82) is 0 Å². The lowest BCUT2D eigenvalue weighted by molar-refractivity contribution is -0.141. The van der Waals surface area contributed by atoms with Gasteiger partial charge in [-0.2, -0.15) is 18.3 Å². The molecule has 1 aliphatic rings. The number of carbonyl (C=O) groups excluding carboxylic acids is 1. The van der Waals surface area contributed by atoms with E-state index in [0.29, 0.717) is 24.2 Å². The van der Waals surface area contributed by atoms with Gasteiger partial charge >= 0.3 is 12.3 Å². The summed E-state index contributed by atoms with van der Waals surface area (Å²) in [5.41, 5.74) is -0.267. The normalized spacial score (nSPS) is 20.5. The largest absolute Gasteiger partial charge is 0.443 e. The van der Waals surface area contributed by atoms with Crippen LogP contribution < -0.4 is 10.6 Å². The van der Waals surface area contributed by atoms with Gasteiger partial charge in [-0.15, -0.1) is 0 Å². The smallest absolute Gasteiger partial charge is 0.433 e. The molecule has 1 fully saturated rings. The summed E-state index contributed by atoms with van der Waals surface area (Å²) in [6.07, 6.45) is -5.53. The van der Waals surface area contributed by atoms with Crippen LogP contribution in [0.1, 0.15) is 49.7 Å². The van der Waals surface area contributed by atoms with Gasteiger partial charge in [-0.1, -0.05) is 0 Å². The number of nitrogens with one attached hydrogen (secondary N) is 3. The number of imidazole rings is 1. The highest BCUT2D eigenvalue weighted by Gasteiger charge is 2.41. The molecule has 3 aromatic heterocycles. The number of alkyl halides is 4. The second-order valence-corrected chi connectivity index (χ2v) is 8.56. The molecule has 0 saturated heterocycles. The molecule has 0 radical (unpaired) electrons. The zero-order valence-corrected chi connectivity index (χ0v) is 19.2. The molecule has 3 atom stereocenters. The van der Waals surface area contributed by atoms with Crippen LogP contribution >= 0.6 is 0 Å². The SMILES string of the molecule is COCc1cn2c(Nc3cc([C@@H]4CC[C@H](OC(=O)NC(C)C)[C@H]4F)[nH]n3)nc(C(F)(F)F)cc2n1. The highest BCUT2D eigenvalue weighted by Crippen LogP contribution is 2.39. The Morgan fingerprint density at radius 2 is 2.06 bits per heavy atom. The molecule has 0 spiro atoms. The lowest BCUT2D eigenvalue weighted by Gasteiger charge is -2.18. The van der Waals surface area contributed by atoms with Crippen LogP contribution in [-0.2, 0) is 22.3 Å². The molecule has 3 N–H and O–H groups in total. The molecule has 0 aliphatic heterocycles. The maximum Gasteiger partial charge on any atom is 0.433 e. The highest BCUT2D eigenvalue weighted by atomic mass is 19.4. The quantitative estimate of drug-likeness (QED) is 0.419. The van der Waals surface area contributed by atoms with Gasteiger partial charge in [0.1, 0.15) is 17.9 Å². The van der Waals surface area contributed by atoms with Crippen molar-refractivity contribution in [2.75, 3.05) is 12.4 Å². The van der Waals surface area contributed by atoms with Gasteiger partial charge in [-0.3, -0.25) is 9.50 Å². The van der Waals surface area contributed by atoms with E-state index < -0.39 is 36.2 Å². The molecule has 10 nitrogen and oxygen atoms in total. The van der Waals surface area contributed by atoms with E-state index in [1.54, 1.807) is 13.8 Å². The van der Waals surface area contributed by atoms with Crippen molar-refractivity contribution in [3.63, 3.8) is 0 Å². The van der Waals surface area contributed by atoms with Crippen LogP contribution in [0.3, 0.4) is 0 Å². The number of alkyl carbamates (subject to hydrolysis) is 1. The van der Waals surface area contributed by atoms with Gasteiger partial charge in [-0.25, -0.2) is 19.2 Å². The number of fused-ring (bicyclic) bond motifs is 1. The number of amides is 1. The average molecular weight is 499 g/mol. The number of aromatic amines is 1. The number of anilines is 2. The van der Waals surface area contributed by atoms with E-state index >= 15 is 4.39 Å². The molecule has 35 heavy (non-hydrogen) atoms. The first-order valence-electron chi connectivity index (χ1n) is 10.9. The number of carbonyl (C=O) groups is 1. The molecular weight excluding hydrogens is 474 g/mol. The van der Waals surface area contributed by atoms with E-state index in [2.05, 4.69) is 30.8 Å². The molecule has 1 saturated carbocycles. The summed E-state index contributed by atoms with van der Waals surface area (Å²) >= 11 is 0. The maximum atomic E-state index is 15.0. The summed E-state index contributed by atoms with van der Waals surface area (Å²) in [6.45, 7) is 3.63. The predicted molar refractivity (Wildman–Crippen MR) is 116 cm³/mol. The zero-order valence-electron chi connectivity index (χ0n) is 19.2. The molecule has 3 aromatic rings. The van der Waals surface area contributed by atoms with Crippen LogP contribution in [0.2, 0.25) is 0 Å². The summed E-state index contributed by atoms with van der Waals surface area (Å²) in [4.78, 5) is 19.6. The third-order valence-corrected chi connectivity index (χ3v) is 5.49. The van der Waals surface area contributed by atoms with Crippen molar-refractivity contribution in [2.24, 2.45) is 0 Å². The Morgan fingerprint density at radius 3 is 2.74 bits per heavy atom. The third-order valence-electron chi connectivity index (χ3n) is 5.49. The van der Waals surface area contributed by atoms with Crippen LogP contribution in [0.15, 0.2) is 18.3 Å². The Balaban J connectivity index is 1.54. The first kappa shape index (κ1) is 24.7. The van der Waals surface area contributed by atoms with Crippen molar-refractivity contribution < 1.29 is 31.8 Å². The second kappa shape index (κ2) is 9.68. The summed E-state index contributed by atoms with van der Waals surface area (Å²) in [6, 6.07) is 2.19. The van der Waals surface area contributed by atoms with Gasteiger partial charge in [0.25, 0.3) is 0 Å². The molecule has 0 unspecified atom stereocenters. The zero-order chi connectivity index (χ0) is 25.3. The predicted octanol–water partition coefficient (Wildman–Crippen LogP) is 4.08. The lowest BCUT2D eigenvalue weighted by atomic mass is 10.0. The first-order valence-corrected chi connectivity index (χ1v) is 10.9. The van der Waals surface area contributed by atoms with Crippen LogP contribution in [0.4, 0.5) is 34.1 Å². The van der Waals surface area contributed by atoms with Gasteiger partial charge in [-0.05, 0) is 26.7 Å². The molecule has 190 valence electrons. The van der Waals surface area contributed by atoms with E-state index in [1.165, 1.54) is 23.8 Å². The van der Waals surface area contributed by atoms with Crippen molar-refractivity contribution in [2.45, 2.75) is 63.7 Å². The van der Waals surface area contributed by atoms with Crippen LogP contribution in [-0.4, -0.2) is 56.1 Å². The fourth-order valence-corrected chi connectivity index (χ4v) is 3.97. The van der Waals surface area contributed by atoms with E-state index in [9.17, 15) is 18.0 Å². The Morgan fingerprint density at radius 1 is 1.29 bits per heavy atom. The second-order valence-electron chi connectivity index (χ2n) is 8.56. The number of nitrogens with zero attached hydrogens (tertiary/aromatic N) is 4. The maximum absolute atomic E-state index is 15.0. The van der Waals surface area contributed by atoms with Crippen LogP contribution in [0, 0.1) is 0 Å². The minimum atomic E-state index is -4.69. The van der Waals surface area contributed by atoms with Gasteiger partial charge in [0.15, 0.2) is 11.5 Å². The van der Waals surface area contributed by atoms with Crippen molar-refractivity contribution in [1.82, 2.24) is 29.9 Å².